The lowest BCUT2D eigenvalue weighted by atomic mass is 10.0. The third-order valence-corrected chi connectivity index (χ3v) is 7.01. The molecule has 1 aliphatic heterocycles. The summed E-state index contributed by atoms with van der Waals surface area (Å²) in [4.78, 5) is 30.9. The first kappa shape index (κ1) is 21.8. The topological polar surface area (TPSA) is 115 Å². The van der Waals surface area contributed by atoms with Gasteiger partial charge in [-0.2, -0.15) is 4.98 Å². The minimum atomic E-state index is -0.980. The van der Waals surface area contributed by atoms with Crippen LogP contribution in [-0.2, 0) is 12.0 Å². The molecule has 0 saturated carbocycles. The lowest BCUT2D eigenvalue weighted by molar-refractivity contribution is 0.0553. The van der Waals surface area contributed by atoms with Crippen molar-refractivity contribution in [3.63, 3.8) is 0 Å². The van der Waals surface area contributed by atoms with Gasteiger partial charge in [-0.3, -0.25) is 9.89 Å². The number of rotatable bonds is 4. The van der Waals surface area contributed by atoms with E-state index in [2.05, 4.69) is 54.3 Å². The molecule has 1 aliphatic carbocycles. The summed E-state index contributed by atoms with van der Waals surface area (Å²) in [5.74, 6) is 0.880. The van der Waals surface area contributed by atoms with Gasteiger partial charge in [-0.1, -0.05) is 6.07 Å². The van der Waals surface area contributed by atoms with Gasteiger partial charge >= 0.3 is 0 Å². The number of benzene rings is 1. The minimum absolute atomic E-state index is 0.294. The van der Waals surface area contributed by atoms with E-state index in [-0.39, 0.29) is 5.56 Å². The van der Waals surface area contributed by atoms with Gasteiger partial charge < -0.3 is 20.2 Å². The molecule has 0 radical (unpaired) electrons. The largest absolute Gasteiger partial charge is 0.384 e. The molecule has 10 heteroatoms. The zero-order valence-electron chi connectivity index (χ0n) is 19.8. The number of hydrogen-bond donors (Lipinski definition) is 3. The van der Waals surface area contributed by atoms with Crippen molar-refractivity contribution in [2.45, 2.75) is 25.4 Å². The Morgan fingerprint density at radius 3 is 2.60 bits per heavy atom. The summed E-state index contributed by atoms with van der Waals surface area (Å²) in [7, 11) is 2.15. The maximum absolute atomic E-state index is 12.6. The predicted molar refractivity (Wildman–Crippen MR) is 135 cm³/mol. The standard InChI is InChI=1S/C25H28N8O2/c1-25(35)10-9-16-3-8-20(28-21(16)25)33-22-19(23(34)30-33)15-26-24(29-22)27-17-4-6-18(7-5-17)32-13-11-31(2)12-14-32/h3-8,15,35H,9-14H2,1-2H3,(H,30,34)(H,26,27,29). The molecule has 0 bridgehead atoms. The molecule has 180 valence electrons. The van der Waals surface area contributed by atoms with Gasteiger partial charge in [0.05, 0.1) is 5.69 Å². The SMILES string of the molecule is CN1CCN(c2ccc(Nc3ncc4c(=O)[nH]n(-c5ccc6c(n5)C(C)(O)CC6)c4n3)cc2)CC1. The second-order valence-electron chi connectivity index (χ2n) is 9.62. The van der Waals surface area contributed by atoms with E-state index in [0.29, 0.717) is 34.9 Å². The van der Waals surface area contributed by atoms with Crippen LogP contribution in [-0.4, -0.2) is 68.0 Å². The van der Waals surface area contributed by atoms with Gasteiger partial charge in [0.2, 0.25) is 5.95 Å². The van der Waals surface area contributed by atoms with Crippen LogP contribution in [0.5, 0.6) is 0 Å². The van der Waals surface area contributed by atoms with Gasteiger partial charge in [-0.15, -0.1) is 0 Å². The molecule has 1 saturated heterocycles. The Morgan fingerprint density at radius 2 is 1.83 bits per heavy atom. The molecule has 0 amide bonds. The van der Waals surface area contributed by atoms with Crippen molar-refractivity contribution in [3.8, 4) is 5.82 Å². The Balaban J connectivity index is 1.29. The number of nitrogens with one attached hydrogen (secondary N) is 2. The summed E-state index contributed by atoms with van der Waals surface area (Å²) >= 11 is 0. The Labute approximate surface area is 202 Å². The first-order valence-corrected chi connectivity index (χ1v) is 11.9. The first-order valence-electron chi connectivity index (χ1n) is 11.9. The third-order valence-electron chi connectivity index (χ3n) is 7.01. The molecule has 3 N–H and O–H groups in total. The molecule has 1 atom stereocenters. The second kappa shape index (κ2) is 8.17. The number of fused-ring (bicyclic) bond motifs is 2. The third kappa shape index (κ3) is 3.94. The number of aryl methyl sites for hydroxylation is 1. The van der Waals surface area contributed by atoms with Gasteiger partial charge in [0.15, 0.2) is 11.5 Å². The van der Waals surface area contributed by atoms with Gasteiger partial charge in [0.1, 0.15) is 11.0 Å². The lowest BCUT2D eigenvalue weighted by Crippen LogP contribution is -2.44. The number of aromatic nitrogens is 5. The van der Waals surface area contributed by atoms with Crippen LogP contribution >= 0.6 is 0 Å². The number of aliphatic hydroxyl groups is 1. The van der Waals surface area contributed by atoms with Crippen molar-refractivity contribution in [1.29, 1.82) is 0 Å². The number of aromatic amines is 1. The number of piperazine rings is 1. The fourth-order valence-corrected chi connectivity index (χ4v) is 4.86. The number of H-pyrrole nitrogens is 1. The van der Waals surface area contributed by atoms with Crippen molar-refractivity contribution in [2.24, 2.45) is 0 Å². The van der Waals surface area contributed by atoms with E-state index in [9.17, 15) is 9.90 Å². The normalized spacial score (nSPS) is 20.4. The van der Waals surface area contributed by atoms with Crippen LogP contribution in [0.1, 0.15) is 24.6 Å². The van der Waals surface area contributed by atoms with Crippen LogP contribution in [0.25, 0.3) is 16.9 Å². The van der Waals surface area contributed by atoms with Crippen molar-refractivity contribution in [2.75, 3.05) is 43.4 Å². The molecular weight excluding hydrogens is 444 g/mol. The van der Waals surface area contributed by atoms with E-state index in [4.69, 9.17) is 0 Å². The molecule has 35 heavy (non-hydrogen) atoms. The number of nitrogens with zero attached hydrogens (tertiary/aromatic N) is 6. The Morgan fingerprint density at radius 1 is 1.06 bits per heavy atom. The molecule has 6 rings (SSSR count). The van der Waals surface area contributed by atoms with E-state index < -0.39 is 5.60 Å². The average Bonchev–Trinajstić information content (AvgIpc) is 3.35. The van der Waals surface area contributed by atoms with Crippen molar-refractivity contribution >= 4 is 28.4 Å². The van der Waals surface area contributed by atoms with Crippen molar-refractivity contribution in [1.82, 2.24) is 29.6 Å². The molecule has 4 aromatic rings. The number of anilines is 3. The highest BCUT2D eigenvalue weighted by Crippen LogP contribution is 2.35. The summed E-state index contributed by atoms with van der Waals surface area (Å²) in [6.07, 6.45) is 2.93. The smallest absolute Gasteiger partial charge is 0.275 e. The highest BCUT2D eigenvalue weighted by Gasteiger charge is 2.34. The summed E-state index contributed by atoms with van der Waals surface area (Å²) in [6.45, 7) is 5.91. The van der Waals surface area contributed by atoms with E-state index in [0.717, 1.165) is 43.9 Å². The number of hydrogen-bond acceptors (Lipinski definition) is 8. The first-order chi connectivity index (χ1) is 16.9. The van der Waals surface area contributed by atoms with Crippen molar-refractivity contribution in [3.05, 3.63) is 64.2 Å². The highest BCUT2D eigenvalue weighted by molar-refractivity contribution is 5.76. The zero-order chi connectivity index (χ0) is 24.2. The number of likely N-dealkylation sites (N-methyl/N-ethyl adjacent to an activating group) is 1. The van der Waals surface area contributed by atoms with Crippen LogP contribution in [0.2, 0.25) is 0 Å². The number of pyridine rings is 1. The zero-order valence-corrected chi connectivity index (χ0v) is 19.8. The summed E-state index contributed by atoms with van der Waals surface area (Å²) in [5, 5.41) is 17.1. The maximum Gasteiger partial charge on any atom is 0.275 e. The van der Waals surface area contributed by atoms with Gasteiger partial charge in [0, 0.05) is 43.8 Å². The minimum Gasteiger partial charge on any atom is -0.384 e. The predicted octanol–water partition coefficient (Wildman–Crippen LogP) is 2.15. The maximum atomic E-state index is 12.6. The van der Waals surface area contributed by atoms with Crippen LogP contribution in [0.3, 0.4) is 0 Å². The molecule has 10 nitrogen and oxygen atoms in total. The lowest BCUT2D eigenvalue weighted by Gasteiger charge is -2.34. The molecule has 1 fully saturated rings. The van der Waals surface area contributed by atoms with Crippen molar-refractivity contribution < 1.29 is 5.11 Å². The quantitative estimate of drug-likeness (QED) is 0.414. The molecule has 1 unspecified atom stereocenters. The molecule has 3 aromatic heterocycles. The fourth-order valence-electron chi connectivity index (χ4n) is 4.86. The van der Waals surface area contributed by atoms with E-state index in [1.165, 1.54) is 11.9 Å². The van der Waals surface area contributed by atoms with E-state index >= 15 is 0 Å². The van der Waals surface area contributed by atoms with Crippen LogP contribution in [0.15, 0.2) is 47.4 Å². The van der Waals surface area contributed by atoms with E-state index in [1.807, 2.05) is 24.3 Å². The van der Waals surface area contributed by atoms with Crippen LogP contribution in [0, 0.1) is 0 Å². The Kier molecular flexibility index (Phi) is 5.08. The summed E-state index contributed by atoms with van der Waals surface area (Å²) in [6, 6.07) is 12.0. The summed E-state index contributed by atoms with van der Waals surface area (Å²) in [5.41, 5.74) is 2.87. The van der Waals surface area contributed by atoms with Crippen LogP contribution < -0.4 is 15.8 Å². The monoisotopic (exact) mass is 472 g/mol. The highest BCUT2D eigenvalue weighted by atomic mass is 16.3. The Bertz CT molecular complexity index is 1450. The van der Waals surface area contributed by atoms with Gasteiger partial charge in [-0.05, 0) is 62.7 Å². The van der Waals surface area contributed by atoms with Gasteiger partial charge in [0.25, 0.3) is 5.56 Å². The van der Waals surface area contributed by atoms with Crippen LogP contribution in [0.4, 0.5) is 17.3 Å². The molecule has 1 aromatic carbocycles. The molecule has 4 heterocycles. The second-order valence-corrected chi connectivity index (χ2v) is 9.62. The Hall–Kier alpha value is -3.76. The average molecular weight is 473 g/mol. The summed E-state index contributed by atoms with van der Waals surface area (Å²) < 4.78 is 1.55. The van der Waals surface area contributed by atoms with E-state index in [1.54, 1.807) is 11.6 Å². The van der Waals surface area contributed by atoms with Gasteiger partial charge in [-0.25, -0.2) is 14.6 Å². The molecular formula is C25H28N8O2. The fraction of sp³-hybridized carbons (Fsp3) is 0.360. The molecule has 0 spiro atoms. The molecule has 2 aliphatic rings.